The molecule has 0 aromatic heterocycles. The van der Waals surface area contributed by atoms with Crippen LogP contribution in [-0.4, -0.2) is 41.2 Å². The van der Waals surface area contributed by atoms with Crippen molar-refractivity contribution in [2.75, 3.05) is 19.8 Å². The van der Waals surface area contributed by atoms with Gasteiger partial charge in [-0.1, -0.05) is 29.8 Å². The number of hydrogen-bond donors (Lipinski definition) is 0. The predicted octanol–water partition coefficient (Wildman–Crippen LogP) is 4.56. The first-order valence-corrected chi connectivity index (χ1v) is 10.4. The smallest absolute Gasteiger partial charge is 0.285 e. The summed E-state index contributed by atoms with van der Waals surface area (Å²) in [6, 6.07) is 11.9. The van der Waals surface area contributed by atoms with Crippen molar-refractivity contribution in [2.45, 2.75) is 18.7 Å². The molecule has 26 heavy (non-hydrogen) atoms. The van der Waals surface area contributed by atoms with E-state index in [0.717, 1.165) is 12.1 Å². The van der Waals surface area contributed by atoms with Gasteiger partial charge in [-0.05, 0) is 43.7 Å². The molecule has 0 aliphatic carbocycles. The standard InChI is InChI=1S/C19H22ClN3O2S/c1-5-23(3)13-21-17-11-14(2)18(12-16(17)20)26(4,25)22-19(24)15-9-7-6-8-10-15/h6-13H,5H2,1-4H3. The van der Waals surface area contributed by atoms with Gasteiger partial charge in [0.15, 0.2) is 0 Å². The van der Waals surface area contributed by atoms with Crippen molar-refractivity contribution in [1.82, 2.24) is 4.90 Å². The second-order valence-corrected chi connectivity index (χ2v) is 8.59. The van der Waals surface area contributed by atoms with Gasteiger partial charge in [0.05, 0.1) is 31.7 Å². The molecule has 0 spiro atoms. The summed E-state index contributed by atoms with van der Waals surface area (Å²) < 4.78 is 17.0. The third kappa shape index (κ3) is 4.93. The number of aliphatic imine (C=N–C) groups is 1. The molecule has 1 atom stereocenters. The van der Waals surface area contributed by atoms with Gasteiger partial charge in [-0.2, -0.15) is 4.36 Å². The lowest BCUT2D eigenvalue weighted by Gasteiger charge is -2.12. The molecular weight excluding hydrogens is 370 g/mol. The Hall–Kier alpha value is -2.18. The van der Waals surface area contributed by atoms with Crippen LogP contribution in [0.25, 0.3) is 0 Å². The SMILES string of the molecule is CCN(C)C=Nc1cc(C)c(S(C)(=O)=NC(=O)c2ccccc2)cc1Cl. The Bertz CT molecular complexity index is 949. The highest BCUT2D eigenvalue weighted by atomic mass is 35.5. The molecule has 0 heterocycles. The maximum atomic E-state index is 13.1. The van der Waals surface area contributed by atoms with Crippen LogP contribution >= 0.6 is 11.6 Å². The zero-order valence-corrected chi connectivity index (χ0v) is 16.8. The first-order chi connectivity index (χ1) is 12.2. The number of rotatable bonds is 5. The summed E-state index contributed by atoms with van der Waals surface area (Å²) in [5.41, 5.74) is 1.70. The van der Waals surface area contributed by atoms with Gasteiger partial charge in [-0.3, -0.25) is 4.79 Å². The summed E-state index contributed by atoms with van der Waals surface area (Å²) >= 11 is 6.30. The van der Waals surface area contributed by atoms with E-state index in [1.165, 1.54) is 6.26 Å². The van der Waals surface area contributed by atoms with Crippen LogP contribution in [0.5, 0.6) is 0 Å². The Balaban J connectivity index is 2.43. The molecule has 1 amide bonds. The first kappa shape index (κ1) is 20.1. The fraction of sp³-hybridized carbons (Fsp3) is 0.263. The number of carbonyl (C=O) groups excluding carboxylic acids is 1. The van der Waals surface area contributed by atoms with Crippen molar-refractivity contribution in [3.63, 3.8) is 0 Å². The number of hydrogen-bond acceptors (Lipinski definition) is 3. The average Bonchev–Trinajstić information content (AvgIpc) is 2.61. The number of carbonyl (C=O) groups is 1. The lowest BCUT2D eigenvalue weighted by atomic mass is 10.2. The van der Waals surface area contributed by atoms with Crippen LogP contribution in [-0.2, 0) is 9.73 Å². The topological polar surface area (TPSA) is 62.1 Å². The Morgan fingerprint density at radius 3 is 2.54 bits per heavy atom. The summed E-state index contributed by atoms with van der Waals surface area (Å²) in [6.45, 7) is 4.64. The lowest BCUT2D eigenvalue weighted by molar-refractivity contribution is 0.100. The second-order valence-electron chi connectivity index (χ2n) is 5.95. The monoisotopic (exact) mass is 391 g/mol. The van der Waals surface area contributed by atoms with Gasteiger partial charge in [-0.25, -0.2) is 9.20 Å². The molecule has 7 heteroatoms. The Labute approximate surface area is 159 Å². The molecule has 1 unspecified atom stereocenters. The van der Waals surface area contributed by atoms with Gasteiger partial charge in [0.2, 0.25) is 0 Å². The van der Waals surface area contributed by atoms with E-state index >= 15 is 0 Å². The van der Waals surface area contributed by atoms with Crippen LogP contribution in [0.15, 0.2) is 56.7 Å². The van der Waals surface area contributed by atoms with Crippen LogP contribution in [0, 0.1) is 6.92 Å². The maximum Gasteiger partial charge on any atom is 0.285 e. The van der Waals surface area contributed by atoms with Gasteiger partial charge in [-0.15, -0.1) is 0 Å². The van der Waals surface area contributed by atoms with E-state index in [1.54, 1.807) is 55.7 Å². The van der Waals surface area contributed by atoms with Gasteiger partial charge >= 0.3 is 0 Å². The van der Waals surface area contributed by atoms with E-state index in [1.807, 2.05) is 18.9 Å². The zero-order chi connectivity index (χ0) is 19.3. The minimum atomic E-state index is -2.93. The van der Waals surface area contributed by atoms with Crippen molar-refractivity contribution >= 4 is 39.3 Å². The minimum absolute atomic E-state index is 0.364. The van der Waals surface area contributed by atoms with Crippen molar-refractivity contribution in [3.05, 3.63) is 58.6 Å². The van der Waals surface area contributed by atoms with Crippen LogP contribution < -0.4 is 0 Å². The molecule has 5 nitrogen and oxygen atoms in total. The van der Waals surface area contributed by atoms with Gasteiger partial charge in [0, 0.05) is 25.4 Å². The second kappa shape index (κ2) is 8.47. The summed E-state index contributed by atoms with van der Waals surface area (Å²) in [5.74, 6) is -0.514. The molecule has 0 bridgehead atoms. The molecule has 138 valence electrons. The summed E-state index contributed by atoms with van der Waals surface area (Å²) in [5, 5.41) is 0.364. The molecule has 2 rings (SSSR count). The van der Waals surface area contributed by atoms with Crippen molar-refractivity contribution in [1.29, 1.82) is 0 Å². The fourth-order valence-electron chi connectivity index (χ4n) is 2.24. The van der Waals surface area contributed by atoms with Crippen LogP contribution in [0.2, 0.25) is 5.02 Å². The zero-order valence-electron chi connectivity index (χ0n) is 15.3. The number of aryl methyl sites for hydroxylation is 1. The maximum absolute atomic E-state index is 13.1. The number of nitrogens with zero attached hydrogens (tertiary/aromatic N) is 3. The number of halogens is 1. The van der Waals surface area contributed by atoms with Gasteiger partial charge in [0.1, 0.15) is 0 Å². The van der Waals surface area contributed by atoms with Crippen LogP contribution in [0.3, 0.4) is 0 Å². The van der Waals surface area contributed by atoms with E-state index in [9.17, 15) is 9.00 Å². The minimum Gasteiger partial charge on any atom is -0.366 e. The molecule has 0 aliphatic rings. The largest absolute Gasteiger partial charge is 0.366 e. The Morgan fingerprint density at radius 1 is 1.27 bits per heavy atom. The molecule has 0 fully saturated rings. The van der Waals surface area contributed by atoms with Crippen molar-refractivity contribution < 1.29 is 9.00 Å². The van der Waals surface area contributed by atoms with Crippen molar-refractivity contribution in [2.24, 2.45) is 9.36 Å². The molecular formula is C19H22ClN3O2S. The third-order valence-corrected chi connectivity index (χ3v) is 5.90. The van der Waals surface area contributed by atoms with Crippen molar-refractivity contribution in [3.8, 4) is 0 Å². The Kier molecular flexibility index (Phi) is 6.56. The highest BCUT2D eigenvalue weighted by Gasteiger charge is 2.16. The van der Waals surface area contributed by atoms with E-state index in [2.05, 4.69) is 9.36 Å². The molecule has 0 aliphatic heterocycles. The number of amides is 1. The molecule has 2 aromatic carbocycles. The Morgan fingerprint density at radius 2 is 1.92 bits per heavy atom. The van der Waals surface area contributed by atoms with Crippen LogP contribution in [0.1, 0.15) is 22.8 Å². The fourth-order valence-corrected chi connectivity index (χ4v) is 4.03. The van der Waals surface area contributed by atoms with E-state index in [0.29, 0.717) is 21.2 Å². The van der Waals surface area contributed by atoms with E-state index in [4.69, 9.17) is 11.6 Å². The average molecular weight is 392 g/mol. The highest BCUT2D eigenvalue weighted by Crippen LogP contribution is 2.31. The molecule has 0 radical (unpaired) electrons. The van der Waals surface area contributed by atoms with Crippen LogP contribution in [0.4, 0.5) is 5.69 Å². The molecule has 2 aromatic rings. The third-order valence-electron chi connectivity index (χ3n) is 3.82. The normalized spacial score (nSPS) is 13.4. The summed E-state index contributed by atoms with van der Waals surface area (Å²) in [7, 11) is -1.03. The van der Waals surface area contributed by atoms with E-state index in [-0.39, 0.29) is 0 Å². The van der Waals surface area contributed by atoms with Gasteiger partial charge < -0.3 is 4.90 Å². The first-order valence-electron chi connectivity index (χ1n) is 8.10. The molecule has 0 N–H and O–H groups in total. The lowest BCUT2D eigenvalue weighted by Crippen LogP contribution is -2.14. The molecule has 0 saturated carbocycles. The van der Waals surface area contributed by atoms with E-state index < -0.39 is 15.6 Å². The highest BCUT2D eigenvalue weighted by molar-refractivity contribution is 7.93. The summed E-state index contributed by atoms with van der Waals surface area (Å²) in [6.07, 6.45) is 3.13. The van der Waals surface area contributed by atoms with Gasteiger partial charge in [0.25, 0.3) is 5.91 Å². The summed E-state index contributed by atoms with van der Waals surface area (Å²) in [4.78, 5) is 19.0. The number of benzene rings is 2. The quantitative estimate of drug-likeness (QED) is 0.554. The molecule has 0 saturated heterocycles. The predicted molar refractivity (Wildman–Crippen MR) is 108 cm³/mol.